The van der Waals surface area contributed by atoms with E-state index in [9.17, 15) is 17.9 Å². The second-order valence-corrected chi connectivity index (χ2v) is 7.20. The molecule has 0 heterocycles. The lowest BCUT2D eigenvalue weighted by Gasteiger charge is -2.09. The third-order valence-electron chi connectivity index (χ3n) is 3.03. The minimum Gasteiger partial charge on any atom is -0.507 e. The average Bonchev–Trinajstić information content (AvgIpc) is 2.51. The molecule has 0 aromatic heterocycles. The predicted octanol–water partition coefficient (Wildman–Crippen LogP) is 3.39. The second kappa shape index (κ2) is 7.10. The van der Waals surface area contributed by atoms with Crippen molar-refractivity contribution in [3.63, 3.8) is 0 Å². The number of nitrogens with zero attached hydrogens (tertiary/aromatic N) is 1. The molecule has 2 N–H and O–H groups in total. The molecule has 0 atom stereocenters. The lowest BCUT2D eigenvalue weighted by molar-refractivity contribution is 0.471. The molecule has 5 nitrogen and oxygen atoms in total. The topological polar surface area (TPSA) is 78.8 Å². The van der Waals surface area contributed by atoms with Crippen LogP contribution >= 0.6 is 15.9 Å². The maximum atomic E-state index is 13.3. The second-order valence-electron chi connectivity index (χ2n) is 4.62. The summed E-state index contributed by atoms with van der Waals surface area (Å²) < 4.78 is 38.4. The summed E-state index contributed by atoms with van der Waals surface area (Å²) in [5, 5.41) is 13.6. The van der Waals surface area contributed by atoms with Gasteiger partial charge in [0.05, 0.1) is 10.6 Å². The number of phenols is 1. The van der Waals surface area contributed by atoms with E-state index >= 15 is 0 Å². The van der Waals surface area contributed by atoms with Crippen molar-refractivity contribution >= 4 is 31.7 Å². The Morgan fingerprint density at radius 2 is 1.91 bits per heavy atom. The summed E-state index contributed by atoms with van der Waals surface area (Å²) in [6, 6.07) is 9.44. The van der Waals surface area contributed by atoms with Crippen LogP contribution in [0.1, 0.15) is 18.9 Å². The lowest BCUT2D eigenvalue weighted by atomic mass is 10.1. The third-order valence-corrected chi connectivity index (χ3v) is 4.78. The van der Waals surface area contributed by atoms with Crippen LogP contribution < -0.4 is 4.83 Å². The fraction of sp³-hybridized carbons (Fsp3) is 0.133. The van der Waals surface area contributed by atoms with Crippen LogP contribution in [0.15, 0.2) is 56.9 Å². The summed E-state index contributed by atoms with van der Waals surface area (Å²) in [6.07, 6.45) is 0.305. The van der Waals surface area contributed by atoms with Crippen molar-refractivity contribution < 1.29 is 17.9 Å². The van der Waals surface area contributed by atoms with E-state index in [0.29, 0.717) is 6.42 Å². The summed E-state index contributed by atoms with van der Waals surface area (Å²) in [5.74, 6) is -0.718. The molecule has 2 aromatic rings. The highest BCUT2D eigenvalue weighted by molar-refractivity contribution is 9.10. The Labute approximate surface area is 142 Å². The van der Waals surface area contributed by atoms with E-state index in [1.54, 1.807) is 19.1 Å². The number of aromatic hydroxyl groups is 1. The van der Waals surface area contributed by atoms with Crippen molar-refractivity contribution in [3.05, 3.63) is 58.3 Å². The SMILES string of the molecule is CC/C(=N\NS(=O)(=O)c1ccc(Br)cc1)c1cc(F)ccc1O. The molecule has 0 bridgehead atoms. The maximum absolute atomic E-state index is 13.3. The fourth-order valence-corrected chi connectivity index (χ4v) is 2.95. The minimum absolute atomic E-state index is 0.0448. The average molecular weight is 401 g/mol. The summed E-state index contributed by atoms with van der Waals surface area (Å²) in [7, 11) is -3.85. The van der Waals surface area contributed by atoms with Gasteiger partial charge in [0.15, 0.2) is 0 Å². The van der Waals surface area contributed by atoms with Gasteiger partial charge in [-0.15, -0.1) is 0 Å². The van der Waals surface area contributed by atoms with Crippen molar-refractivity contribution in [1.29, 1.82) is 0 Å². The molecule has 8 heteroatoms. The lowest BCUT2D eigenvalue weighted by Crippen LogP contribution is -2.20. The summed E-state index contributed by atoms with van der Waals surface area (Å²) in [5.41, 5.74) is 0.369. The normalized spacial score (nSPS) is 12.2. The molecule has 0 unspecified atom stereocenters. The van der Waals surface area contributed by atoms with Crippen molar-refractivity contribution in [3.8, 4) is 5.75 Å². The number of phenolic OH excluding ortho intramolecular Hbond substituents is 1. The van der Waals surface area contributed by atoms with Gasteiger partial charge in [0.2, 0.25) is 0 Å². The predicted molar refractivity (Wildman–Crippen MR) is 89.4 cm³/mol. The smallest absolute Gasteiger partial charge is 0.276 e. The first-order valence-electron chi connectivity index (χ1n) is 6.66. The fourth-order valence-electron chi connectivity index (χ4n) is 1.85. The molecule has 2 rings (SSSR count). The van der Waals surface area contributed by atoms with Gasteiger partial charge in [-0.25, -0.2) is 4.39 Å². The molecule has 0 fully saturated rings. The van der Waals surface area contributed by atoms with Gasteiger partial charge in [0, 0.05) is 10.0 Å². The Kier molecular flexibility index (Phi) is 5.38. The molecular weight excluding hydrogens is 387 g/mol. The van der Waals surface area contributed by atoms with Crippen LogP contribution in [0.2, 0.25) is 0 Å². The third kappa shape index (κ3) is 4.29. The highest BCUT2D eigenvalue weighted by atomic mass is 79.9. The van der Waals surface area contributed by atoms with Gasteiger partial charge in [0.25, 0.3) is 10.0 Å². The van der Waals surface area contributed by atoms with Gasteiger partial charge in [0.1, 0.15) is 11.6 Å². The number of benzene rings is 2. The molecule has 0 radical (unpaired) electrons. The van der Waals surface area contributed by atoms with Gasteiger partial charge in [-0.05, 0) is 48.9 Å². The molecule has 122 valence electrons. The number of hydrogen-bond donors (Lipinski definition) is 2. The van der Waals surface area contributed by atoms with Crippen LogP contribution in [0, 0.1) is 5.82 Å². The molecule has 0 saturated heterocycles. The molecule has 0 amide bonds. The Morgan fingerprint density at radius 1 is 1.26 bits per heavy atom. The van der Waals surface area contributed by atoms with Crippen molar-refractivity contribution in [2.24, 2.45) is 5.10 Å². The highest BCUT2D eigenvalue weighted by Crippen LogP contribution is 2.20. The first-order chi connectivity index (χ1) is 10.8. The first kappa shape index (κ1) is 17.4. The van der Waals surface area contributed by atoms with E-state index < -0.39 is 15.8 Å². The molecule has 0 spiro atoms. The summed E-state index contributed by atoms with van der Waals surface area (Å²) in [6.45, 7) is 1.72. The first-order valence-corrected chi connectivity index (χ1v) is 8.94. The van der Waals surface area contributed by atoms with Gasteiger partial charge in [-0.3, -0.25) is 0 Å². The van der Waals surface area contributed by atoms with Gasteiger partial charge in [-0.2, -0.15) is 18.4 Å². The minimum atomic E-state index is -3.85. The zero-order valence-corrected chi connectivity index (χ0v) is 14.5. The number of hydrazone groups is 1. The van der Waals surface area contributed by atoms with Crippen LogP contribution in [-0.2, 0) is 10.0 Å². The molecule has 0 aliphatic rings. The van der Waals surface area contributed by atoms with Crippen LogP contribution in [0.3, 0.4) is 0 Å². The number of hydrogen-bond acceptors (Lipinski definition) is 4. The zero-order valence-electron chi connectivity index (χ0n) is 12.1. The molecular formula is C15H14BrFN2O3S. The maximum Gasteiger partial charge on any atom is 0.276 e. The van der Waals surface area contributed by atoms with Crippen LogP contribution in [0.4, 0.5) is 4.39 Å². The van der Waals surface area contributed by atoms with Crippen molar-refractivity contribution in [2.75, 3.05) is 0 Å². The molecule has 2 aromatic carbocycles. The standard InChI is InChI=1S/C15H14BrFN2O3S/c1-2-14(13-9-11(17)5-8-15(13)20)18-19-23(21,22)12-6-3-10(16)4-7-12/h3-9,19-20H,2H2,1H3/b18-14+. The van der Waals surface area contributed by atoms with Crippen molar-refractivity contribution in [2.45, 2.75) is 18.2 Å². The van der Waals surface area contributed by atoms with Crippen LogP contribution in [0.25, 0.3) is 0 Å². The highest BCUT2D eigenvalue weighted by Gasteiger charge is 2.14. The van der Waals surface area contributed by atoms with Crippen molar-refractivity contribution in [1.82, 2.24) is 4.83 Å². The molecule has 23 heavy (non-hydrogen) atoms. The van der Waals surface area contributed by atoms with E-state index in [-0.39, 0.29) is 21.9 Å². The molecule has 0 aliphatic heterocycles. The number of sulfonamides is 1. The zero-order chi connectivity index (χ0) is 17.0. The van der Waals surface area contributed by atoms with E-state index in [0.717, 1.165) is 16.6 Å². The van der Waals surface area contributed by atoms with E-state index in [4.69, 9.17) is 0 Å². The largest absolute Gasteiger partial charge is 0.507 e. The monoisotopic (exact) mass is 400 g/mol. The Hall–Kier alpha value is -1.93. The van der Waals surface area contributed by atoms with Gasteiger partial charge < -0.3 is 5.11 Å². The summed E-state index contributed by atoms with van der Waals surface area (Å²) in [4.78, 5) is 2.15. The Bertz CT molecular complexity index is 836. The quantitative estimate of drug-likeness (QED) is 0.596. The van der Waals surface area contributed by atoms with Crippen LogP contribution in [-0.4, -0.2) is 19.2 Å². The number of rotatable bonds is 5. The van der Waals surface area contributed by atoms with Crippen LogP contribution in [0.5, 0.6) is 5.75 Å². The Balaban J connectivity index is 2.32. The summed E-state index contributed by atoms with van der Waals surface area (Å²) >= 11 is 3.22. The Morgan fingerprint density at radius 3 is 2.52 bits per heavy atom. The van der Waals surface area contributed by atoms with E-state index in [1.165, 1.54) is 18.2 Å². The van der Waals surface area contributed by atoms with Gasteiger partial charge in [-0.1, -0.05) is 22.9 Å². The molecule has 0 saturated carbocycles. The van der Waals surface area contributed by atoms with Gasteiger partial charge >= 0.3 is 0 Å². The number of halogens is 2. The number of nitrogens with one attached hydrogen (secondary N) is 1. The van der Waals surface area contributed by atoms with E-state index in [2.05, 4.69) is 25.9 Å². The van der Waals surface area contributed by atoms with E-state index in [1.807, 2.05) is 0 Å². The molecule has 0 aliphatic carbocycles.